The van der Waals surface area contributed by atoms with E-state index in [0.717, 1.165) is 5.56 Å². The van der Waals surface area contributed by atoms with Crippen molar-refractivity contribution in [2.45, 2.75) is 6.54 Å². The average Bonchev–Trinajstić information content (AvgIpc) is 3.31. The summed E-state index contributed by atoms with van der Waals surface area (Å²) in [5.41, 5.74) is 0.921. The number of carbonyl (C=O) groups excluding carboxylic acids is 2. The van der Waals surface area contributed by atoms with Gasteiger partial charge in [-0.05, 0) is 17.5 Å². The lowest BCUT2D eigenvalue weighted by Gasteiger charge is -2.08. The molecule has 2 N–H and O–H groups in total. The number of carbonyl (C=O) groups is 2. The van der Waals surface area contributed by atoms with E-state index in [1.807, 2.05) is 24.3 Å². The monoisotopic (exact) mass is 357 g/mol. The van der Waals surface area contributed by atoms with Gasteiger partial charge >= 0.3 is 6.01 Å². The summed E-state index contributed by atoms with van der Waals surface area (Å²) in [7, 11) is 1.57. The first-order valence-corrected chi connectivity index (χ1v) is 8.26. The zero-order valence-corrected chi connectivity index (χ0v) is 14.1. The van der Waals surface area contributed by atoms with Crippen molar-refractivity contribution in [3.8, 4) is 5.75 Å². The molecule has 8 heteroatoms. The Morgan fingerprint density at radius 1 is 1.20 bits per heavy atom. The van der Waals surface area contributed by atoms with Gasteiger partial charge < -0.3 is 14.5 Å². The number of methoxy groups -OCH3 is 1. The molecule has 0 spiro atoms. The highest BCUT2D eigenvalue weighted by atomic mass is 32.1. The lowest BCUT2D eigenvalue weighted by molar-refractivity contribution is 0.0944. The molecule has 0 atom stereocenters. The van der Waals surface area contributed by atoms with Crippen LogP contribution in [0, 0.1) is 0 Å². The van der Waals surface area contributed by atoms with E-state index in [-0.39, 0.29) is 24.2 Å². The molecular weight excluding hydrogens is 342 g/mol. The van der Waals surface area contributed by atoms with Crippen molar-refractivity contribution in [3.05, 3.63) is 64.2 Å². The van der Waals surface area contributed by atoms with E-state index in [1.54, 1.807) is 24.6 Å². The van der Waals surface area contributed by atoms with Gasteiger partial charge in [0, 0.05) is 12.1 Å². The molecule has 0 aliphatic carbocycles. The van der Waals surface area contributed by atoms with Crippen LogP contribution in [-0.2, 0) is 6.54 Å². The maximum Gasteiger partial charge on any atom is 0.302 e. The Morgan fingerprint density at radius 3 is 2.80 bits per heavy atom. The largest absolute Gasteiger partial charge is 0.496 e. The number of rotatable bonds is 6. The summed E-state index contributed by atoms with van der Waals surface area (Å²) < 4.78 is 10.4. The fraction of sp³-hybridized carbons (Fsp3) is 0.118. The summed E-state index contributed by atoms with van der Waals surface area (Å²) in [6.07, 6.45) is 1.20. The molecule has 0 fully saturated rings. The third-order valence-corrected chi connectivity index (χ3v) is 4.20. The molecule has 7 nitrogen and oxygen atoms in total. The maximum absolute atomic E-state index is 12.2. The SMILES string of the molecule is COc1ccccc1CNC(=O)c1coc(NC(=O)c2cccs2)n1. The molecule has 128 valence electrons. The van der Waals surface area contributed by atoms with Crippen molar-refractivity contribution in [2.75, 3.05) is 12.4 Å². The number of aromatic nitrogens is 1. The van der Waals surface area contributed by atoms with Crippen LogP contribution in [0.1, 0.15) is 25.7 Å². The predicted octanol–water partition coefficient (Wildman–Crippen LogP) is 2.93. The van der Waals surface area contributed by atoms with Crippen LogP contribution in [0.3, 0.4) is 0 Å². The van der Waals surface area contributed by atoms with Crippen LogP contribution in [0.2, 0.25) is 0 Å². The molecule has 2 amide bonds. The van der Waals surface area contributed by atoms with E-state index in [9.17, 15) is 9.59 Å². The van der Waals surface area contributed by atoms with E-state index in [1.165, 1.54) is 17.6 Å². The molecule has 3 aromatic rings. The molecule has 2 heterocycles. The highest BCUT2D eigenvalue weighted by molar-refractivity contribution is 7.12. The predicted molar refractivity (Wildman–Crippen MR) is 92.9 cm³/mol. The number of nitrogens with zero attached hydrogens (tertiary/aromatic N) is 1. The number of thiophene rings is 1. The lowest BCUT2D eigenvalue weighted by Crippen LogP contribution is -2.23. The van der Waals surface area contributed by atoms with Gasteiger partial charge in [0.15, 0.2) is 5.69 Å². The van der Waals surface area contributed by atoms with Gasteiger partial charge in [-0.15, -0.1) is 11.3 Å². The zero-order valence-electron chi connectivity index (χ0n) is 13.3. The third kappa shape index (κ3) is 4.04. The molecule has 0 saturated carbocycles. The smallest absolute Gasteiger partial charge is 0.302 e. The summed E-state index contributed by atoms with van der Waals surface area (Å²) in [6.45, 7) is 0.284. The number of hydrogen-bond donors (Lipinski definition) is 2. The number of nitrogens with one attached hydrogen (secondary N) is 2. The summed E-state index contributed by atoms with van der Waals surface area (Å²) in [4.78, 5) is 28.6. The second-order valence-corrected chi connectivity index (χ2v) is 5.91. The Morgan fingerprint density at radius 2 is 2.04 bits per heavy atom. The molecule has 3 rings (SSSR count). The van der Waals surface area contributed by atoms with Crippen LogP contribution in [0.25, 0.3) is 0 Å². The Labute approximate surface area is 147 Å². The maximum atomic E-state index is 12.2. The number of benzene rings is 1. The summed E-state index contributed by atoms with van der Waals surface area (Å²) >= 11 is 1.30. The fourth-order valence-electron chi connectivity index (χ4n) is 2.12. The molecule has 1 aromatic carbocycles. The highest BCUT2D eigenvalue weighted by Gasteiger charge is 2.15. The van der Waals surface area contributed by atoms with Gasteiger partial charge in [0.25, 0.3) is 11.8 Å². The number of oxazole rings is 1. The zero-order chi connectivity index (χ0) is 17.6. The number of para-hydroxylation sites is 1. The van der Waals surface area contributed by atoms with E-state index in [2.05, 4.69) is 15.6 Å². The van der Waals surface area contributed by atoms with Crippen molar-refractivity contribution in [3.63, 3.8) is 0 Å². The standard InChI is InChI=1S/C17H15N3O4S/c1-23-13-6-3-2-5-11(13)9-18-15(21)12-10-24-17(19-12)20-16(22)14-7-4-8-25-14/h2-8,10H,9H2,1H3,(H,18,21)(H,19,20,22). The van der Waals surface area contributed by atoms with Crippen molar-refractivity contribution in [2.24, 2.45) is 0 Å². The Balaban J connectivity index is 1.60. The van der Waals surface area contributed by atoms with E-state index >= 15 is 0 Å². The topological polar surface area (TPSA) is 93.5 Å². The van der Waals surface area contributed by atoms with Crippen molar-refractivity contribution in [1.82, 2.24) is 10.3 Å². The van der Waals surface area contributed by atoms with Crippen LogP contribution < -0.4 is 15.4 Å². The first kappa shape index (κ1) is 16.7. The van der Waals surface area contributed by atoms with Crippen LogP contribution in [0.4, 0.5) is 6.01 Å². The van der Waals surface area contributed by atoms with Gasteiger partial charge in [0.05, 0.1) is 12.0 Å². The first-order valence-electron chi connectivity index (χ1n) is 7.38. The first-order chi connectivity index (χ1) is 12.2. The highest BCUT2D eigenvalue weighted by Crippen LogP contribution is 2.17. The summed E-state index contributed by atoms with van der Waals surface area (Å²) in [6, 6.07) is 10.8. The molecule has 0 radical (unpaired) electrons. The van der Waals surface area contributed by atoms with E-state index in [0.29, 0.717) is 10.6 Å². The number of amides is 2. The van der Waals surface area contributed by atoms with Crippen LogP contribution >= 0.6 is 11.3 Å². The van der Waals surface area contributed by atoms with Gasteiger partial charge in [-0.2, -0.15) is 4.98 Å². The summed E-state index contributed by atoms with van der Waals surface area (Å²) in [5, 5.41) is 7.03. The fourth-order valence-corrected chi connectivity index (χ4v) is 2.74. The number of hydrogen-bond acceptors (Lipinski definition) is 6. The Kier molecular flexibility index (Phi) is 5.10. The van der Waals surface area contributed by atoms with E-state index < -0.39 is 5.91 Å². The van der Waals surface area contributed by atoms with Crippen molar-refractivity contribution in [1.29, 1.82) is 0 Å². The molecule has 0 saturated heterocycles. The molecular formula is C17H15N3O4S. The van der Waals surface area contributed by atoms with E-state index in [4.69, 9.17) is 9.15 Å². The minimum absolute atomic E-state index is 0.0270. The molecule has 0 aliphatic rings. The summed E-state index contributed by atoms with van der Waals surface area (Å²) in [5.74, 6) is -0.0593. The van der Waals surface area contributed by atoms with Gasteiger partial charge in [-0.3, -0.25) is 14.9 Å². The van der Waals surface area contributed by atoms with Gasteiger partial charge in [0.1, 0.15) is 12.0 Å². The number of anilines is 1. The normalized spacial score (nSPS) is 10.3. The van der Waals surface area contributed by atoms with Crippen LogP contribution in [0.15, 0.2) is 52.5 Å². The van der Waals surface area contributed by atoms with Crippen molar-refractivity contribution < 1.29 is 18.7 Å². The second kappa shape index (κ2) is 7.63. The van der Waals surface area contributed by atoms with Crippen molar-refractivity contribution >= 4 is 29.2 Å². The third-order valence-electron chi connectivity index (χ3n) is 3.33. The Hall–Kier alpha value is -3.13. The molecule has 0 bridgehead atoms. The van der Waals surface area contributed by atoms with Gasteiger partial charge in [-0.1, -0.05) is 24.3 Å². The van der Waals surface area contributed by atoms with Crippen LogP contribution in [-0.4, -0.2) is 23.9 Å². The quantitative estimate of drug-likeness (QED) is 0.707. The average molecular weight is 357 g/mol. The Bertz CT molecular complexity index is 874. The lowest BCUT2D eigenvalue weighted by atomic mass is 10.2. The van der Waals surface area contributed by atoms with Crippen LogP contribution in [0.5, 0.6) is 5.75 Å². The van der Waals surface area contributed by atoms with Gasteiger partial charge in [-0.25, -0.2) is 0 Å². The molecule has 0 unspecified atom stereocenters. The minimum Gasteiger partial charge on any atom is -0.496 e. The molecule has 25 heavy (non-hydrogen) atoms. The number of ether oxygens (including phenoxy) is 1. The molecule has 2 aromatic heterocycles. The van der Waals surface area contributed by atoms with Gasteiger partial charge in [0.2, 0.25) is 0 Å². The molecule has 0 aliphatic heterocycles. The second-order valence-electron chi connectivity index (χ2n) is 4.96. The minimum atomic E-state index is -0.411.